The van der Waals surface area contributed by atoms with Crippen molar-refractivity contribution >= 4 is 29.2 Å². The zero-order chi connectivity index (χ0) is 17.1. The van der Waals surface area contributed by atoms with Crippen LogP contribution >= 0.6 is 12.2 Å². The fraction of sp³-hybridized carbons (Fsp3) is 0.400. The van der Waals surface area contributed by atoms with Crippen LogP contribution in [0.1, 0.15) is 24.8 Å². The second-order valence-electron chi connectivity index (χ2n) is 5.65. The summed E-state index contributed by atoms with van der Waals surface area (Å²) in [6.07, 6.45) is 6.58. The SMILES string of the molecule is NSOCC1CCC(n2cnc3c(NCc4ccco4)ncnc32)O1. The molecule has 9 nitrogen and oxygen atoms in total. The van der Waals surface area contributed by atoms with Gasteiger partial charge >= 0.3 is 0 Å². The van der Waals surface area contributed by atoms with Crippen LogP contribution in [0.15, 0.2) is 35.5 Å². The van der Waals surface area contributed by atoms with Crippen LogP contribution in [0.5, 0.6) is 0 Å². The molecule has 0 spiro atoms. The molecule has 2 atom stereocenters. The normalized spacial score (nSPS) is 20.4. The molecule has 0 amide bonds. The molecule has 1 aliphatic heterocycles. The van der Waals surface area contributed by atoms with Gasteiger partial charge in [0.15, 0.2) is 17.0 Å². The topological polar surface area (TPSA) is 113 Å². The van der Waals surface area contributed by atoms with Crippen molar-refractivity contribution in [2.24, 2.45) is 5.14 Å². The lowest BCUT2D eigenvalue weighted by Crippen LogP contribution is -2.15. The number of imidazole rings is 1. The predicted octanol–water partition coefficient (Wildman–Crippen LogP) is 2.25. The number of hydrogen-bond donors (Lipinski definition) is 2. The highest BCUT2D eigenvalue weighted by molar-refractivity contribution is 7.92. The first kappa shape index (κ1) is 16.3. The Morgan fingerprint density at radius 1 is 1.36 bits per heavy atom. The number of ether oxygens (including phenoxy) is 1. The molecule has 4 rings (SSSR count). The third-order valence-electron chi connectivity index (χ3n) is 4.09. The smallest absolute Gasteiger partial charge is 0.167 e. The number of nitrogens with two attached hydrogens (primary N) is 1. The zero-order valence-corrected chi connectivity index (χ0v) is 14.2. The van der Waals surface area contributed by atoms with E-state index in [0.717, 1.165) is 36.5 Å². The second kappa shape index (κ2) is 7.40. The lowest BCUT2D eigenvalue weighted by molar-refractivity contribution is -0.0128. The van der Waals surface area contributed by atoms with Crippen molar-refractivity contribution in [2.75, 3.05) is 11.9 Å². The van der Waals surface area contributed by atoms with E-state index in [2.05, 4.69) is 20.3 Å². The van der Waals surface area contributed by atoms with Gasteiger partial charge in [0.25, 0.3) is 0 Å². The highest BCUT2D eigenvalue weighted by atomic mass is 32.2. The minimum absolute atomic E-state index is 0.0249. The van der Waals surface area contributed by atoms with Crippen LogP contribution in [0.3, 0.4) is 0 Å². The lowest BCUT2D eigenvalue weighted by Gasteiger charge is -2.14. The van der Waals surface area contributed by atoms with E-state index in [-0.39, 0.29) is 12.3 Å². The van der Waals surface area contributed by atoms with Gasteiger partial charge in [-0.25, -0.2) is 15.0 Å². The summed E-state index contributed by atoms with van der Waals surface area (Å²) in [6, 6.07) is 3.75. The zero-order valence-electron chi connectivity index (χ0n) is 13.4. The molecule has 0 radical (unpaired) electrons. The highest BCUT2D eigenvalue weighted by Crippen LogP contribution is 2.31. The first-order chi connectivity index (χ1) is 12.3. The van der Waals surface area contributed by atoms with Gasteiger partial charge in [0.05, 0.1) is 44.1 Å². The minimum Gasteiger partial charge on any atom is -0.467 e. The van der Waals surface area contributed by atoms with E-state index in [9.17, 15) is 0 Å². The summed E-state index contributed by atoms with van der Waals surface area (Å²) in [5, 5.41) is 8.52. The summed E-state index contributed by atoms with van der Waals surface area (Å²) in [6.45, 7) is 0.997. The van der Waals surface area contributed by atoms with Gasteiger partial charge in [-0.2, -0.15) is 0 Å². The fourth-order valence-electron chi connectivity index (χ4n) is 2.91. The van der Waals surface area contributed by atoms with Crippen LogP contribution in [0.2, 0.25) is 0 Å². The van der Waals surface area contributed by atoms with Gasteiger partial charge in [0.1, 0.15) is 18.3 Å². The predicted molar refractivity (Wildman–Crippen MR) is 92.2 cm³/mol. The van der Waals surface area contributed by atoms with Gasteiger partial charge in [0.2, 0.25) is 0 Å². The Morgan fingerprint density at radius 3 is 3.16 bits per heavy atom. The van der Waals surface area contributed by atoms with Crippen molar-refractivity contribution in [3.05, 3.63) is 36.8 Å². The summed E-state index contributed by atoms with van der Waals surface area (Å²) in [4.78, 5) is 13.1. The Kier molecular flexibility index (Phi) is 4.83. The molecule has 132 valence electrons. The van der Waals surface area contributed by atoms with Gasteiger partial charge in [-0.3, -0.25) is 13.9 Å². The van der Waals surface area contributed by atoms with Crippen molar-refractivity contribution in [1.29, 1.82) is 0 Å². The maximum absolute atomic E-state index is 6.01. The summed E-state index contributed by atoms with van der Waals surface area (Å²) in [5.41, 5.74) is 1.44. The molecule has 2 unspecified atom stereocenters. The van der Waals surface area contributed by atoms with Crippen LogP contribution in [0.25, 0.3) is 11.2 Å². The molecule has 4 heterocycles. The van der Waals surface area contributed by atoms with Crippen LogP contribution in [-0.4, -0.2) is 32.2 Å². The summed E-state index contributed by atoms with van der Waals surface area (Å²) < 4.78 is 18.4. The molecule has 1 fully saturated rings. The van der Waals surface area contributed by atoms with Gasteiger partial charge in [-0.1, -0.05) is 0 Å². The van der Waals surface area contributed by atoms with Crippen LogP contribution < -0.4 is 10.5 Å². The number of fused-ring (bicyclic) bond motifs is 1. The highest BCUT2D eigenvalue weighted by Gasteiger charge is 2.28. The Bertz CT molecular complexity index is 824. The third kappa shape index (κ3) is 3.47. The monoisotopic (exact) mass is 362 g/mol. The van der Waals surface area contributed by atoms with E-state index in [1.807, 2.05) is 16.7 Å². The maximum Gasteiger partial charge on any atom is 0.167 e. The lowest BCUT2D eigenvalue weighted by atomic mass is 10.2. The molecular formula is C15H18N6O3S. The molecule has 0 aromatic carbocycles. The van der Waals surface area contributed by atoms with Crippen LogP contribution in [-0.2, 0) is 15.5 Å². The Hall–Kier alpha value is -2.14. The van der Waals surface area contributed by atoms with Crippen LogP contribution in [0, 0.1) is 0 Å². The molecule has 1 saturated heterocycles. The molecule has 0 aliphatic carbocycles. The van der Waals surface area contributed by atoms with Crippen molar-refractivity contribution in [3.8, 4) is 0 Å². The van der Waals surface area contributed by atoms with Gasteiger partial charge in [-0.15, -0.1) is 0 Å². The van der Waals surface area contributed by atoms with E-state index < -0.39 is 0 Å². The molecule has 3 aromatic heterocycles. The van der Waals surface area contributed by atoms with E-state index >= 15 is 0 Å². The number of aromatic nitrogens is 4. The standard InChI is InChI=1S/C15H18N6O3S/c16-25-23-7-11-3-4-12(24-11)21-9-20-13-14(18-8-19-15(13)21)17-6-10-2-1-5-22-10/h1-2,5,8-9,11-12H,3-4,6-7,16H2,(H,17,18,19). The van der Waals surface area contributed by atoms with Crippen molar-refractivity contribution < 1.29 is 13.3 Å². The molecule has 0 saturated carbocycles. The van der Waals surface area contributed by atoms with Crippen molar-refractivity contribution in [1.82, 2.24) is 19.5 Å². The third-order valence-corrected chi connectivity index (χ3v) is 4.36. The first-order valence-corrected chi connectivity index (χ1v) is 8.73. The van der Waals surface area contributed by atoms with Gasteiger partial charge in [-0.05, 0) is 25.0 Å². The van der Waals surface area contributed by atoms with E-state index in [1.165, 1.54) is 6.33 Å². The van der Waals surface area contributed by atoms with Crippen LogP contribution in [0.4, 0.5) is 5.82 Å². The number of nitrogens with zero attached hydrogens (tertiary/aromatic N) is 4. The van der Waals surface area contributed by atoms with E-state index in [0.29, 0.717) is 24.5 Å². The molecule has 3 N–H and O–H groups in total. The van der Waals surface area contributed by atoms with E-state index in [4.69, 9.17) is 18.5 Å². The molecular weight excluding hydrogens is 344 g/mol. The quantitative estimate of drug-likeness (QED) is 0.482. The Morgan fingerprint density at radius 2 is 2.32 bits per heavy atom. The number of furan rings is 1. The van der Waals surface area contributed by atoms with Crippen molar-refractivity contribution in [3.63, 3.8) is 0 Å². The number of rotatable bonds is 7. The molecule has 3 aromatic rings. The Labute approximate surface area is 148 Å². The molecule has 25 heavy (non-hydrogen) atoms. The average Bonchev–Trinajstić information content (AvgIpc) is 3.37. The Balaban J connectivity index is 1.51. The summed E-state index contributed by atoms with van der Waals surface area (Å²) in [7, 11) is 0. The number of hydrogen-bond acceptors (Lipinski definition) is 9. The van der Waals surface area contributed by atoms with Gasteiger partial charge in [0, 0.05) is 0 Å². The number of nitrogens with one attached hydrogen (secondary N) is 1. The molecule has 1 aliphatic rings. The second-order valence-corrected chi connectivity index (χ2v) is 6.08. The average molecular weight is 362 g/mol. The number of anilines is 1. The minimum atomic E-state index is -0.116. The van der Waals surface area contributed by atoms with E-state index in [1.54, 1.807) is 12.6 Å². The van der Waals surface area contributed by atoms with Crippen molar-refractivity contribution in [2.45, 2.75) is 31.7 Å². The first-order valence-electron chi connectivity index (χ1n) is 7.92. The van der Waals surface area contributed by atoms with Gasteiger partial charge < -0.3 is 14.5 Å². The largest absolute Gasteiger partial charge is 0.467 e. The maximum atomic E-state index is 6.01. The summed E-state index contributed by atoms with van der Waals surface area (Å²) >= 11 is 0.860. The molecule has 0 bridgehead atoms. The molecule has 10 heteroatoms. The summed E-state index contributed by atoms with van der Waals surface area (Å²) in [5.74, 6) is 1.49. The fourth-order valence-corrected chi connectivity index (χ4v) is 3.14.